The highest BCUT2D eigenvalue weighted by Crippen LogP contribution is 2.30. The first-order chi connectivity index (χ1) is 15.0. The monoisotopic (exact) mass is 436 g/mol. The van der Waals surface area contributed by atoms with Crippen LogP contribution in [0.4, 0.5) is 17.5 Å². The van der Waals surface area contributed by atoms with Gasteiger partial charge in [0.15, 0.2) is 0 Å². The zero-order valence-electron chi connectivity index (χ0n) is 17.4. The second-order valence-corrected chi connectivity index (χ2v) is 8.87. The molecular weight excluding hydrogens is 412 g/mol. The topological polar surface area (TPSA) is 118 Å². The second-order valence-electron chi connectivity index (χ2n) is 7.86. The number of nitrogens with one attached hydrogen (secondary N) is 1. The smallest absolute Gasteiger partial charge is 0.211 e. The zero-order valence-corrected chi connectivity index (χ0v) is 18.2. The third-order valence-electron chi connectivity index (χ3n) is 5.53. The largest absolute Gasteiger partial charge is 0.394 e. The Morgan fingerprint density at radius 1 is 1.23 bits per heavy atom. The van der Waals surface area contributed by atoms with Crippen LogP contribution in [0.2, 0.25) is 0 Å². The van der Waals surface area contributed by atoms with E-state index in [1.54, 1.807) is 17.5 Å². The lowest BCUT2D eigenvalue weighted by Gasteiger charge is -2.26. The van der Waals surface area contributed by atoms with E-state index in [1.165, 1.54) is 0 Å². The maximum atomic E-state index is 9.74. The summed E-state index contributed by atoms with van der Waals surface area (Å²) in [5.74, 6) is 2.19. The van der Waals surface area contributed by atoms with Gasteiger partial charge in [-0.3, -0.25) is 0 Å². The van der Waals surface area contributed by atoms with E-state index >= 15 is 0 Å². The molecule has 1 fully saturated rings. The normalized spacial score (nSPS) is 18.8. The van der Waals surface area contributed by atoms with E-state index in [-0.39, 0.29) is 18.7 Å². The van der Waals surface area contributed by atoms with Crippen LogP contribution in [0.1, 0.15) is 17.7 Å². The standard InChI is InChI=1S/C21H24N8OS/c1-12-3-4-18(27-20(12)28-10-14(22)7-15(28)11-30)26-19-8-16-17(9-23-19)31-21(25-16)29-13(2)5-6-24-29/h3-6,8-9,14-15,30H,7,10-11,22H2,1-2H3,(H,23,26,27)/t14-,15?/m0/s1. The maximum absolute atomic E-state index is 9.74. The van der Waals surface area contributed by atoms with Crippen LogP contribution in [0.15, 0.2) is 36.7 Å². The van der Waals surface area contributed by atoms with Crippen molar-refractivity contribution in [3.8, 4) is 5.13 Å². The maximum Gasteiger partial charge on any atom is 0.211 e. The van der Waals surface area contributed by atoms with Crippen molar-refractivity contribution in [2.45, 2.75) is 32.4 Å². The van der Waals surface area contributed by atoms with Gasteiger partial charge in [0, 0.05) is 36.7 Å². The number of nitrogens with zero attached hydrogens (tertiary/aromatic N) is 6. The Morgan fingerprint density at radius 3 is 2.87 bits per heavy atom. The molecule has 5 heterocycles. The molecule has 9 nitrogen and oxygen atoms in total. The lowest BCUT2D eigenvalue weighted by Crippen LogP contribution is -2.34. The summed E-state index contributed by atoms with van der Waals surface area (Å²) in [4.78, 5) is 16.1. The molecular formula is C21H24N8OS. The van der Waals surface area contributed by atoms with Crippen LogP contribution in [-0.4, -0.2) is 55.1 Å². The number of aliphatic hydroxyl groups excluding tert-OH is 1. The number of aliphatic hydroxyl groups is 1. The molecule has 1 unspecified atom stereocenters. The highest BCUT2D eigenvalue weighted by Gasteiger charge is 2.31. The molecule has 0 radical (unpaired) electrons. The number of aromatic nitrogens is 5. The summed E-state index contributed by atoms with van der Waals surface area (Å²) in [7, 11) is 0. The first-order valence-electron chi connectivity index (χ1n) is 10.2. The Labute approximate surface area is 183 Å². The molecule has 0 spiro atoms. The molecule has 0 aromatic carbocycles. The van der Waals surface area contributed by atoms with E-state index in [4.69, 9.17) is 15.7 Å². The number of thiazole rings is 1. The van der Waals surface area contributed by atoms with Gasteiger partial charge in [0.05, 0.1) is 22.9 Å². The SMILES string of the molecule is Cc1ccc(Nc2cc3nc(-n4nccc4C)sc3cn2)nc1N1C[C@@H](N)CC1CO. The molecule has 4 aromatic heterocycles. The third kappa shape index (κ3) is 3.73. The van der Waals surface area contributed by atoms with E-state index < -0.39 is 0 Å². The van der Waals surface area contributed by atoms with Gasteiger partial charge < -0.3 is 21.1 Å². The van der Waals surface area contributed by atoms with Gasteiger partial charge in [-0.2, -0.15) is 5.10 Å². The predicted octanol–water partition coefficient (Wildman–Crippen LogP) is 2.53. The Kier molecular flexibility index (Phi) is 5.05. The number of anilines is 3. The molecule has 1 aliphatic rings. The lowest BCUT2D eigenvalue weighted by atomic mass is 10.2. The summed E-state index contributed by atoms with van der Waals surface area (Å²) in [6, 6.07) is 7.84. The molecule has 0 aliphatic carbocycles. The number of hydrogen-bond donors (Lipinski definition) is 3. The minimum absolute atomic E-state index is 0.00916. The number of hydrogen-bond acceptors (Lipinski definition) is 9. The average Bonchev–Trinajstić information content (AvgIpc) is 3.46. The first-order valence-corrected chi connectivity index (χ1v) is 11.0. The summed E-state index contributed by atoms with van der Waals surface area (Å²) in [6.45, 7) is 4.76. The van der Waals surface area contributed by atoms with Gasteiger partial charge in [-0.1, -0.05) is 17.4 Å². The average molecular weight is 437 g/mol. The highest BCUT2D eigenvalue weighted by molar-refractivity contribution is 7.20. The number of fused-ring (bicyclic) bond motifs is 1. The molecule has 160 valence electrons. The number of rotatable bonds is 5. The Bertz CT molecular complexity index is 1240. The van der Waals surface area contributed by atoms with Crippen molar-refractivity contribution in [1.29, 1.82) is 0 Å². The second kappa shape index (κ2) is 7.88. The van der Waals surface area contributed by atoms with Crippen LogP contribution >= 0.6 is 11.3 Å². The Morgan fingerprint density at radius 2 is 2.10 bits per heavy atom. The fraction of sp³-hybridized carbons (Fsp3) is 0.333. The van der Waals surface area contributed by atoms with E-state index in [1.807, 2.05) is 49.0 Å². The van der Waals surface area contributed by atoms with Gasteiger partial charge in [0.2, 0.25) is 5.13 Å². The van der Waals surface area contributed by atoms with Crippen LogP contribution in [0, 0.1) is 13.8 Å². The number of nitrogens with two attached hydrogens (primary N) is 1. The van der Waals surface area contributed by atoms with Crippen LogP contribution < -0.4 is 16.0 Å². The summed E-state index contributed by atoms with van der Waals surface area (Å²) in [5.41, 5.74) is 9.05. The van der Waals surface area contributed by atoms with Gasteiger partial charge in [0.1, 0.15) is 17.5 Å². The summed E-state index contributed by atoms with van der Waals surface area (Å²) in [5, 5.41) is 18.2. The van der Waals surface area contributed by atoms with Crippen molar-refractivity contribution in [2.24, 2.45) is 5.73 Å². The third-order valence-corrected chi connectivity index (χ3v) is 6.51. The van der Waals surface area contributed by atoms with Crippen LogP contribution in [0.5, 0.6) is 0 Å². The van der Waals surface area contributed by atoms with Crippen molar-refractivity contribution < 1.29 is 5.11 Å². The van der Waals surface area contributed by atoms with Gasteiger partial charge in [-0.15, -0.1) is 0 Å². The van der Waals surface area contributed by atoms with E-state index in [9.17, 15) is 5.11 Å². The quantitative estimate of drug-likeness (QED) is 0.437. The molecule has 31 heavy (non-hydrogen) atoms. The lowest BCUT2D eigenvalue weighted by molar-refractivity contribution is 0.265. The van der Waals surface area contributed by atoms with Gasteiger partial charge in [-0.25, -0.2) is 19.6 Å². The molecule has 1 aliphatic heterocycles. The molecule has 4 aromatic rings. The van der Waals surface area contributed by atoms with Crippen molar-refractivity contribution in [2.75, 3.05) is 23.4 Å². The highest BCUT2D eigenvalue weighted by atomic mass is 32.1. The summed E-state index contributed by atoms with van der Waals surface area (Å²) >= 11 is 1.55. The van der Waals surface area contributed by atoms with Crippen LogP contribution in [0.25, 0.3) is 15.3 Å². The van der Waals surface area contributed by atoms with E-state index in [0.29, 0.717) is 18.2 Å². The molecule has 0 bridgehead atoms. The number of pyridine rings is 2. The molecule has 2 atom stereocenters. The summed E-state index contributed by atoms with van der Waals surface area (Å²) < 4.78 is 2.81. The molecule has 1 saturated heterocycles. The molecule has 10 heteroatoms. The Balaban J connectivity index is 1.42. The van der Waals surface area contributed by atoms with E-state index in [2.05, 4.69) is 20.3 Å². The molecule has 0 saturated carbocycles. The first kappa shape index (κ1) is 19.9. The van der Waals surface area contributed by atoms with E-state index in [0.717, 1.165) is 38.8 Å². The van der Waals surface area contributed by atoms with Gasteiger partial charge >= 0.3 is 0 Å². The number of aryl methyl sites for hydroxylation is 2. The van der Waals surface area contributed by atoms with Gasteiger partial charge in [0.25, 0.3) is 0 Å². The molecule has 0 amide bonds. The fourth-order valence-corrected chi connectivity index (χ4v) is 4.88. The van der Waals surface area contributed by atoms with Crippen molar-refractivity contribution >= 4 is 39.0 Å². The molecule has 4 N–H and O–H groups in total. The van der Waals surface area contributed by atoms with Crippen molar-refractivity contribution in [3.63, 3.8) is 0 Å². The predicted molar refractivity (Wildman–Crippen MR) is 122 cm³/mol. The Hall–Kier alpha value is -3.08. The molecule has 5 rings (SSSR count). The summed E-state index contributed by atoms with van der Waals surface area (Å²) in [6.07, 6.45) is 4.34. The van der Waals surface area contributed by atoms with Crippen molar-refractivity contribution in [1.82, 2.24) is 24.7 Å². The van der Waals surface area contributed by atoms with Crippen molar-refractivity contribution in [3.05, 3.63) is 47.9 Å². The van der Waals surface area contributed by atoms with Crippen LogP contribution in [0.3, 0.4) is 0 Å². The van der Waals surface area contributed by atoms with Crippen LogP contribution in [-0.2, 0) is 0 Å². The zero-order chi connectivity index (χ0) is 21.5. The minimum atomic E-state index is -0.00916. The fourth-order valence-electron chi connectivity index (χ4n) is 3.95. The minimum Gasteiger partial charge on any atom is -0.394 e. The van der Waals surface area contributed by atoms with Gasteiger partial charge in [-0.05, 0) is 38.0 Å².